The molecule has 1 unspecified atom stereocenters. The van der Waals surface area contributed by atoms with E-state index in [0.29, 0.717) is 18.5 Å². The van der Waals surface area contributed by atoms with Gasteiger partial charge in [0.25, 0.3) is 0 Å². The summed E-state index contributed by atoms with van der Waals surface area (Å²) in [4.78, 5) is 18.3. The Hall–Kier alpha value is -2.11. The second-order valence-corrected chi connectivity index (χ2v) is 3.82. The fourth-order valence-corrected chi connectivity index (χ4v) is 1.84. The standard InChI is InChI=1S/C11H13N3O3/c12-11(16)17-8-3-1-7(2-4-8)9-5-10(15)14-6-13-9/h1,5-6,8H,2-4H2,(H2,12,16)(H,13,14,15). The van der Waals surface area contributed by atoms with Crippen LogP contribution >= 0.6 is 0 Å². The van der Waals surface area contributed by atoms with E-state index in [2.05, 4.69) is 9.97 Å². The lowest BCUT2D eigenvalue weighted by Crippen LogP contribution is -2.24. The Labute approximate surface area is 98.1 Å². The molecule has 0 aliphatic heterocycles. The number of rotatable bonds is 2. The lowest BCUT2D eigenvalue weighted by atomic mass is 9.95. The molecule has 2 rings (SSSR count). The van der Waals surface area contributed by atoms with Crippen molar-refractivity contribution in [3.8, 4) is 5.88 Å². The van der Waals surface area contributed by atoms with Gasteiger partial charge < -0.3 is 15.6 Å². The molecule has 1 aromatic heterocycles. The number of nitrogens with zero attached hydrogens (tertiary/aromatic N) is 2. The molecule has 1 heterocycles. The van der Waals surface area contributed by atoms with Crippen molar-refractivity contribution in [1.82, 2.24) is 9.97 Å². The molecule has 0 bridgehead atoms. The number of primary amides is 1. The predicted molar refractivity (Wildman–Crippen MR) is 60.0 cm³/mol. The topological polar surface area (TPSA) is 98.3 Å². The maximum absolute atomic E-state index is 10.6. The minimum atomic E-state index is -0.744. The van der Waals surface area contributed by atoms with Crippen molar-refractivity contribution < 1.29 is 14.6 Å². The highest BCUT2D eigenvalue weighted by molar-refractivity contribution is 5.66. The number of carbonyl (C=O) groups excluding carboxylic acids is 1. The zero-order valence-corrected chi connectivity index (χ0v) is 9.17. The van der Waals surface area contributed by atoms with Crippen LogP contribution < -0.4 is 5.73 Å². The molecule has 3 N–H and O–H groups in total. The van der Waals surface area contributed by atoms with Gasteiger partial charge in [-0.2, -0.15) is 0 Å². The van der Waals surface area contributed by atoms with E-state index >= 15 is 0 Å². The summed E-state index contributed by atoms with van der Waals surface area (Å²) in [5.74, 6) is -0.0496. The molecule has 1 atom stereocenters. The molecule has 17 heavy (non-hydrogen) atoms. The van der Waals surface area contributed by atoms with E-state index in [1.165, 1.54) is 12.4 Å². The molecule has 1 aromatic rings. The summed E-state index contributed by atoms with van der Waals surface area (Å²) in [5.41, 5.74) is 6.68. The molecule has 0 fully saturated rings. The smallest absolute Gasteiger partial charge is 0.404 e. The Morgan fingerprint density at radius 1 is 1.53 bits per heavy atom. The summed E-state index contributed by atoms with van der Waals surface area (Å²) < 4.78 is 4.91. The number of ether oxygens (including phenoxy) is 1. The van der Waals surface area contributed by atoms with E-state index in [0.717, 1.165) is 12.0 Å². The SMILES string of the molecule is NC(=O)OC1CC=C(c2cc(O)ncn2)CC1. The number of aromatic nitrogens is 2. The number of hydrogen-bond donors (Lipinski definition) is 2. The molecule has 1 amide bonds. The third-order valence-corrected chi connectivity index (χ3v) is 2.63. The third kappa shape index (κ3) is 2.93. The van der Waals surface area contributed by atoms with Gasteiger partial charge in [-0.15, -0.1) is 0 Å². The van der Waals surface area contributed by atoms with Crippen molar-refractivity contribution in [2.24, 2.45) is 5.73 Å². The molecule has 0 saturated heterocycles. The van der Waals surface area contributed by atoms with Crippen LogP contribution in [0.1, 0.15) is 25.0 Å². The molecule has 6 heteroatoms. The second-order valence-electron chi connectivity index (χ2n) is 3.82. The van der Waals surface area contributed by atoms with Crippen molar-refractivity contribution in [3.05, 3.63) is 24.2 Å². The first-order valence-electron chi connectivity index (χ1n) is 5.31. The minimum Gasteiger partial charge on any atom is -0.493 e. The number of allylic oxidation sites excluding steroid dienone is 1. The monoisotopic (exact) mass is 235 g/mol. The lowest BCUT2D eigenvalue weighted by molar-refractivity contribution is 0.102. The quantitative estimate of drug-likeness (QED) is 0.802. The van der Waals surface area contributed by atoms with Crippen LogP contribution in [0.15, 0.2) is 18.5 Å². The minimum absolute atomic E-state index is 0.0496. The van der Waals surface area contributed by atoms with Crippen LogP contribution in [-0.4, -0.2) is 27.3 Å². The summed E-state index contributed by atoms with van der Waals surface area (Å²) in [7, 11) is 0. The zero-order valence-electron chi connectivity index (χ0n) is 9.17. The Morgan fingerprint density at radius 2 is 2.35 bits per heavy atom. The summed E-state index contributed by atoms with van der Waals surface area (Å²) in [6, 6.07) is 1.51. The summed E-state index contributed by atoms with van der Waals surface area (Å²) >= 11 is 0. The number of aromatic hydroxyl groups is 1. The number of nitrogens with two attached hydrogens (primary N) is 1. The Bertz CT molecular complexity index is 459. The number of carbonyl (C=O) groups is 1. The molecule has 0 aromatic carbocycles. The van der Waals surface area contributed by atoms with Crippen LogP contribution in [0.4, 0.5) is 4.79 Å². The fraction of sp³-hybridized carbons (Fsp3) is 0.364. The first-order chi connectivity index (χ1) is 8.15. The van der Waals surface area contributed by atoms with Crippen molar-refractivity contribution >= 4 is 11.7 Å². The normalized spacial score (nSPS) is 19.5. The van der Waals surface area contributed by atoms with Gasteiger partial charge in [0.05, 0.1) is 5.69 Å². The van der Waals surface area contributed by atoms with Crippen molar-refractivity contribution in [3.63, 3.8) is 0 Å². The van der Waals surface area contributed by atoms with Crippen molar-refractivity contribution in [2.45, 2.75) is 25.4 Å². The van der Waals surface area contributed by atoms with Crippen LogP contribution in [0.25, 0.3) is 5.57 Å². The average molecular weight is 235 g/mol. The molecule has 0 saturated carbocycles. The van der Waals surface area contributed by atoms with E-state index in [1.807, 2.05) is 6.08 Å². The molecular formula is C11H13N3O3. The summed E-state index contributed by atoms with van der Waals surface area (Å²) in [6.45, 7) is 0. The van der Waals surface area contributed by atoms with E-state index < -0.39 is 6.09 Å². The van der Waals surface area contributed by atoms with Crippen molar-refractivity contribution in [1.29, 1.82) is 0 Å². The average Bonchev–Trinajstić information content (AvgIpc) is 2.29. The van der Waals surface area contributed by atoms with E-state index in [1.54, 1.807) is 0 Å². The Balaban J connectivity index is 2.05. The van der Waals surface area contributed by atoms with E-state index in [4.69, 9.17) is 10.5 Å². The third-order valence-electron chi connectivity index (χ3n) is 2.63. The molecule has 1 aliphatic rings. The largest absolute Gasteiger partial charge is 0.493 e. The number of hydrogen-bond acceptors (Lipinski definition) is 5. The molecular weight excluding hydrogens is 222 g/mol. The first kappa shape index (κ1) is 11.4. The first-order valence-corrected chi connectivity index (χ1v) is 5.31. The number of amides is 1. The zero-order chi connectivity index (χ0) is 12.3. The molecule has 6 nitrogen and oxygen atoms in total. The molecule has 0 spiro atoms. The second kappa shape index (κ2) is 4.82. The van der Waals surface area contributed by atoms with Gasteiger partial charge in [0.1, 0.15) is 12.4 Å². The molecule has 0 radical (unpaired) electrons. The lowest BCUT2D eigenvalue weighted by Gasteiger charge is -2.20. The van der Waals surface area contributed by atoms with Gasteiger partial charge in [-0.1, -0.05) is 6.08 Å². The highest BCUT2D eigenvalue weighted by atomic mass is 16.6. The van der Waals surface area contributed by atoms with Crippen LogP contribution in [0.3, 0.4) is 0 Å². The highest BCUT2D eigenvalue weighted by Gasteiger charge is 2.18. The van der Waals surface area contributed by atoms with E-state index in [-0.39, 0.29) is 12.0 Å². The molecule has 1 aliphatic carbocycles. The van der Waals surface area contributed by atoms with Crippen LogP contribution in [0, 0.1) is 0 Å². The van der Waals surface area contributed by atoms with E-state index in [9.17, 15) is 9.90 Å². The fourth-order valence-electron chi connectivity index (χ4n) is 1.84. The van der Waals surface area contributed by atoms with Gasteiger partial charge in [0, 0.05) is 12.5 Å². The van der Waals surface area contributed by atoms with Crippen LogP contribution in [-0.2, 0) is 4.74 Å². The van der Waals surface area contributed by atoms with Gasteiger partial charge in [-0.3, -0.25) is 0 Å². The predicted octanol–water partition coefficient (Wildman–Crippen LogP) is 1.21. The molecule has 90 valence electrons. The van der Waals surface area contributed by atoms with Gasteiger partial charge in [0.15, 0.2) is 0 Å². The van der Waals surface area contributed by atoms with Gasteiger partial charge in [-0.05, 0) is 18.4 Å². The van der Waals surface area contributed by atoms with Gasteiger partial charge in [0.2, 0.25) is 5.88 Å². The van der Waals surface area contributed by atoms with Crippen LogP contribution in [0.5, 0.6) is 5.88 Å². The van der Waals surface area contributed by atoms with Crippen LogP contribution in [0.2, 0.25) is 0 Å². The maximum atomic E-state index is 10.6. The summed E-state index contributed by atoms with van der Waals surface area (Å²) in [6.07, 6.45) is 4.41. The van der Waals surface area contributed by atoms with Gasteiger partial charge >= 0.3 is 6.09 Å². The van der Waals surface area contributed by atoms with Gasteiger partial charge in [-0.25, -0.2) is 14.8 Å². The highest BCUT2D eigenvalue weighted by Crippen LogP contribution is 2.27. The maximum Gasteiger partial charge on any atom is 0.404 e. The summed E-state index contributed by atoms with van der Waals surface area (Å²) in [5, 5.41) is 9.25. The Kier molecular flexibility index (Phi) is 3.22. The Morgan fingerprint density at radius 3 is 2.94 bits per heavy atom. The van der Waals surface area contributed by atoms with Crippen molar-refractivity contribution in [2.75, 3.05) is 0 Å².